The monoisotopic (exact) mass is 228 g/mol. The predicted molar refractivity (Wildman–Crippen MR) is 64.3 cm³/mol. The summed E-state index contributed by atoms with van der Waals surface area (Å²) in [4.78, 5) is 10.9. The van der Waals surface area contributed by atoms with Crippen LogP contribution in [0.3, 0.4) is 0 Å². The minimum atomic E-state index is 0.0596. The SMILES string of the molecule is CC.CNC(=O)CCOC1CC2(CNC2)C1. The summed E-state index contributed by atoms with van der Waals surface area (Å²) in [6, 6.07) is 0. The summed E-state index contributed by atoms with van der Waals surface area (Å²) in [7, 11) is 1.65. The van der Waals surface area contributed by atoms with Crippen LogP contribution in [0.5, 0.6) is 0 Å². The summed E-state index contributed by atoms with van der Waals surface area (Å²) < 4.78 is 5.59. The maximum atomic E-state index is 10.9. The Bertz CT molecular complexity index is 219. The fraction of sp³-hybridized carbons (Fsp3) is 0.917. The Kier molecular flexibility index (Phi) is 5.22. The summed E-state index contributed by atoms with van der Waals surface area (Å²) in [5.41, 5.74) is 0.567. The Balaban J connectivity index is 0.000000606. The van der Waals surface area contributed by atoms with Crippen molar-refractivity contribution in [3.05, 3.63) is 0 Å². The minimum absolute atomic E-state index is 0.0596. The average molecular weight is 228 g/mol. The number of rotatable bonds is 4. The number of nitrogens with one attached hydrogen (secondary N) is 2. The molecule has 1 saturated carbocycles. The average Bonchev–Trinajstić information content (AvgIpc) is 2.21. The van der Waals surface area contributed by atoms with Gasteiger partial charge in [-0.2, -0.15) is 0 Å². The molecule has 0 aromatic carbocycles. The smallest absolute Gasteiger partial charge is 0.222 e. The number of carbonyl (C=O) groups excluding carboxylic acids is 1. The summed E-state index contributed by atoms with van der Waals surface area (Å²) in [6.45, 7) is 6.87. The van der Waals surface area contributed by atoms with Gasteiger partial charge in [-0.25, -0.2) is 0 Å². The molecule has 0 radical (unpaired) electrons. The third-order valence-electron chi connectivity index (χ3n) is 3.28. The molecule has 1 amide bonds. The van der Waals surface area contributed by atoms with Crippen molar-refractivity contribution in [2.75, 3.05) is 26.7 Å². The van der Waals surface area contributed by atoms with Crippen LogP contribution < -0.4 is 10.6 Å². The van der Waals surface area contributed by atoms with Gasteiger partial charge in [0.2, 0.25) is 5.91 Å². The van der Waals surface area contributed by atoms with E-state index in [1.165, 1.54) is 12.8 Å². The van der Waals surface area contributed by atoms with E-state index < -0.39 is 0 Å². The molecule has 2 rings (SSSR count). The quantitative estimate of drug-likeness (QED) is 0.752. The highest BCUT2D eigenvalue weighted by molar-refractivity contribution is 5.75. The maximum absolute atomic E-state index is 10.9. The van der Waals surface area contributed by atoms with Crippen LogP contribution in [0.1, 0.15) is 33.1 Å². The topological polar surface area (TPSA) is 50.4 Å². The highest BCUT2D eigenvalue weighted by atomic mass is 16.5. The molecule has 94 valence electrons. The molecule has 2 N–H and O–H groups in total. The highest BCUT2D eigenvalue weighted by Crippen LogP contribution is 2.45. The van der Waals surface area contributed by atoms with Crippen LogP contribution in [0.25, 0.3) is 0 Å². The van der Waals surface area contributed by atoms with Crippen LogP contribution >= 0.6 is 0 Å². The van der Waals surface area contributed by atoms with E-state index in [-0.39, 0.29) is 5.91 Å². The van der Waals surface area contributed by atoms with E-state index in [1.54, 1.807) is 7.05 Å². The van der Waals surface area contributed by atoms with Gasteiger partial charge in [0.15, 0.2) is 0 Å². The number of amides is 1. The van der Waals surface area contributed by atoms with E-state index in [9.17, 15) is 4.79 Å². The van der Waals surface area contributed by atoms with E-state index >= 15 is 0 Å². The second-order valence-electron chi connectivity index (χ2n) is 4.43. The molecule has 1 saturated heterocycles. The van der Waals surface area contributed by atoms with Gasteiger partial charge in [0.1, 0.15) is 0 Å². The zero-order valence-corrected chi connectivity index (χ0v) is 10.6. The molecular weight excluding hydrogens is 204 g/mol. The van der Waals surface area contributed by atoms with Crippen LogP contribution in [0.4, 0.5) is 0 Å². The van der Waals surface area contributed by atoms with Gasteiger partial charge in [0.05, 0.1) is 12.7 Å². The first-order chi connectivity index (χ1) is 7.74. The summed E-state index contributed by atoms with van der Waals surface area (Å²) >= 11 is 0. The Morgan fingerprint density at radius 1 is 1.44 bits per heavy atom. The van der Waals surface area contributed by atoms with Gasteiger partial charge in [-0.3, -0.25) is 4.79 Å². The zero-order chi connectivity index (χ0) is 12.0. The summed E-state index contributed by atoms with van der Waals surface area (Å²) in [6.07, 6.45) is 3.24. The fourth-order valence-electron chi connectivity index (χ4n) is 2.23. The highest BCUT2D eigenvalue weighted by Gasteiger charge is 2.48. The molecule has 1 heterocycles. The molecule has 0 bridgehead atoms. The fourth-order valence-corrected chi connectivity index (χ4v) is 2.23. The molecule has 1 aliphatic heterocycles. The molecule has 0 unspecified atom stereocenters. The first-order valence-electron chi connectivity index (χ1n) is 6.27. The van der Waals surface area contributed by atoms with E-state index in [2.05, 4.69) is 10.6 Å². The van der Waals surface area contributed by atoms with Crippen molar-refractivity contribution in [2.45, 2.75) is 39.2 Å². The van der Waals surface area contributed by atoms with E-state index in [4.69, 9.17) is 4.74 Å². The predicted octanol–water partition coefficient (Wildman–Crippen LogP) is 0.917. The van der Waals surface area contributed by atoms with Crippen molar-refractivity contribution in [1.29, 1.82) is 0 Å². The Labute approximate surface area is 98.1 Å². The van der Waals surface area contributed by atoms with Crippen molar-refractivity contribution in [3.63, 3.8) is 0 Å². The lowest BCUT2D eigenvalue weighted by atomic mass is 9.63. The molecule has 16 heavy (non-hydrogen) atoms. The van der Waals surface area contributed by atoms with Crippen LogP contribution in [0.15, 0.2) is 0 Å². The van der Waals surface area contributed by atoms with Crippen LogP contribution in [0.2, 0.25) is 0 Å². The third-order valence-corrected chi connectivity index (χ3v) is 3.28. The van der Waals surface area contributed by atoms with E-state index in [0.717, 1.165) is 13.1 Å². The minimum Gasteiger partial charge on any atom is -0.378 e. The van der Waals surface area contributed by atoms with Crippen molar-refractivity contribution >= 4 is 5.91 Å². The molecule has 0 aromatic heterocycles. The first-order valence-corrected chi connectivity index (χ1v) is 6.27. The van der Waals surface area contributed by atoms with Crippen molar-refractivity contribution in [3.8, 4) is 0 Å². The second-order valence-corrected chi connectivity index (χ2v) is 4.43. The van der Waals surface area contributed by atoms with E-state index in [1.807, 2.05) is 13.8 Å². The molecule has 4 heteroatoms. The molecular formula is C12H24N2O2. The van der Waals surface area contributed by atoms with Crippen LogP contribution in [-0.4, -0.2) is 38.8 Å². The van der Waals surface area contributed by atoms with Gasteiger partial charge in [0.25, 0.3) is 0 Å². The van der Waals surface area contributed by atoms with Crippen molar-refractivity contribution < 1.29 is 9.53 Å². The number of carbonyl (C=O) groups is 1. The van der Waals surface area contributed by atoms with Gasteiger partial charge >= 0.3 is 0 Å². The standard InChI is InChI=1S/C10H18N2O2.C2H6/c1-11-9(13)2-3-14-8-4-10(5-8)6-12-7-10;1-2/h8,12H,2-7H2,1H3,(H,11,13);1-2H3. The molecule has 2 aliphatic rings. The summed E-state index contributed by atoms with van der Waals surface area (Å²) in [5.74, 6) is 0.0596. The normalized spacial score (nSPS) is 21.4. The van der Waals surface area contributed by atoms with Crippen LogP contribution in [-0.2, 0) is 9.53 Å². The molecule has 0 atom stereocenters. The van der Waals surface area contributed by atoms with Crippen molar-refractivity contribution in [2.24, 2.45) is 5.41 Å². The lowest BCUT2D eigenvalue weighted by molar-refractivity contribution is -0.127. The van der Waals surface area contributed by atoms with Gasteiger partial charge < -0.3 is 15.4 Å². The Hall–Kier alpha value is -0.610. The van der Waals surface area contributed by atoms with E-state index in [0.29, 0.717) is 24.5 Å². The Morgan fingerprint density at radius 3 is 2.50 bits per heavy atom. The largest absolute Gasteiger partial charge is 0.378 e. The molecule has 4 nitrogen and oxygen atoms in total. The van der Waals surface area contributed by atoms with Crippen molar-refractivity contribution in [1.82, 2.24) is 10.6 Å². The zero-order valence-electron chi connectivity index (χ0n) is 10.6. The first kappa shape index (κ1) is 13.5. The van der Waals surface area contributed by atoms with Gasteiger partial charge in [-0.15, -0.1) is 0 Å². The second kappa shape index (κ2) is 6.21. The molecule has 1 spiro atoms. The summed E-state index contributed by atoms with van der Waals surface area (Å²) in [5, 5.41) is 5.87. The van der Waals surface area contributed by atoms with Crippen LogP contribution in [0, 0.1) is 5.41 Å². The maximum Gasteiger partial charge on any atom is 0.222 e. The molecule has 2 fully saturated rings. The number of hydrogen-bond acceptors (Lipinski definition) is 3. The third kappa shape index (κ3) is 3.19. The van der Waals surface area contributed by atoms with Gasteiger partial charge in [-0.1, -0.05) is 13.8 Å². The lowest BCUT2D eigenvalue weighted by Crippen LogP contribution is -2.62. The Morgan fingerprint density at radius 2 is 2.06 bits per heavy atom. The van der Waals surface area contributed by atoms with Gasteiger partial charge in [0, 0.05) is 32.0 Å². The molecule has 1 aliphatic carbocycles. The molecule has 0 aromatic rings. The number of hydrogen-bond donors (Lipinski definition) is 2. The number of ether oxygens (including phenoxy) is 1. The van der Waals surface area contributed by atoms with Gasteiger partial charge in [-0.05, 0) is 12.8 Å². The lowest BCUT2D eigenvalue weighted by Gasteiger charge is -2.54.